The van der Waals surface area contributed by atoms with E-state index in [1.807, 2.05) is 0 Å². The van der Waals surface area contributed by atoms with Gasteiger partial charge in [0.15, 0.2) is 0 Å². The lowest BCUT2D eigenvalue weighted by atomic mass is 9.34. The second kappa shape index (κ2) is 12.2. The molecule has 0 aromatic heterocycles. The quantitative estimate of drug-likeness (QED) is 0.147. The Bertz CT molecular complexity index is 1490. The van der Waals surface area contributed by atoms with Crippen LogP contribution in [0.15, 0.2) is 109 Å². The summed E-state index contributed by atoms with van der Waals surface area (Å²) >= 11 is 0. The van der Waals surface area contributed by atoms with E-state index in [0.29, 0.717) is 0 Å². The molecule has 0 amide bonds. The molecule has 0 saturated carbocycles. The maximum Gasteiger partial charge on any atom is 0.242 e. The monoisotopic (exact) mass is 553 g/mol. The Labute approximate surface area is 249 Å². The second-order valence-corrected chi connectivity index (χ2v) is 15.5. The van der Waals surface area contributed by atoms with E-state index in [0.717, 1.165) is 12.6 Å². The van der Waals surface area contributed by atoms with Crippen LogP contribution in [0.3, 0.4) is 0 Å². The molecule has 2 heteroatoms. The van der Waals surface area contributed by atoms with Gasteiger partial charge in [0.05, 0.1) is 6.16 Å². The Morgan fingerprint density at radius 3 is 1.22 bits per heavy atom. The van der Waals surface area contributed by atoms with Crippen molar-refractivity contribution >= 4 is 46.3 Å². The normalized spacial score (nSPS) is 11.5. The molecule has 0 radical (unpaired) electrons. The molecule has 41 heavy (non-hydrogen) atoms. The first-order valence-corrected chi connectivity index (χ1v) is 17.0. The van der Waals surface area contributed by atoms with E-state index in [4.69, 9.17) is 0 Å². The zero-order valence-corrected chi connectivity index (χ0v) is 26.7. The smallest absolute Gasteiger partial charge is 0.0683 e. The Kier molecular flexibility index (Phi) is 8.67. The molecule has 0 aliphatic carbocycles. The highest BCUT2D eigenvalue weighted by Crippen LogP contribution is 2.55. The third-order valence-corrected chi connectivity index (χ3v) is 13.3. The minimum atomic E-state index is -1.80. The highest BCUT2D eigenvalue weighted by atomic mass is 31.2. The van der Waals surface area contributed by atoms with Gasteiger partial charge in [-0.3, -0.25) is 0 Å². The zero-order chi connectivity index (χ0) is 29.1. The van der Waals surface area contributed by atoms with Crippen molar-refractivity contribution in [3.8, 4) is 0 Å². The summed E-state index contributed by atoms with van der Waals surface area (Å²) in [4.78, 5) is 0. The summed E-state index contributed by atoms with van der Waals surface area (Å²) in [6.45, 7) is 16.1. The van der Waals surface area contributed by atoms with Crippen molar-refractivity contribution < 1.29 is 0 Å². The van der Waals surface area contributed by atoms with Crippen molar-refractivity contribution in [2.45, 2.75) is 54.9 Å². The number of hydrogen-bond donors (Lipinski definition) is 0. The molecule has 0 aliphatic heterocycles. The van der Waals surface area contributed by atoms with Crippen LogP contribution in [0, 0.1) is 41.5 Å². The molecule has 5 aromatic rings. The van der Waals surface area contributed by atoms with Crippen LogP contribution < -0.4 is 32.3 Å². The summed E-state index contributed by atoms with van der Waals surface area (Å²) in [6, 6.07) is 41.7. The average Bonchev–Trinajstić information content (AvgIpc) is 2.95. The first-order valence-electron chi connectivity index (χ1n) is 15.0. The topological polar surface area (TPSA) is 0 Å². The maximum atomic E-state index is 2.46. The Hall–Kier alpha value is -3.41. The Morgan fingerprint density at radius 2 is 0.854 bits per heavy atom. The lowest BCUT2D eigenvalue weighted by Crippen LogP contribution is -2.56. The highest BCUT2D eigenvalue weighted by molar-refractivity contribution is 7.95. The molecule has 0 N–H and O–H groups in total. The molecule has 0 bridgehead atoms. The number of benzene rings is 5. The van der Waals surface area contributed by atoms with Gasteiger partial charge in [0, 0.05) is 0 Å². The van der Waals surface area contributed by atoms with Gasteiger partial charge >= 0.3 is 0 Å². The summed E-state index contributed by atoms with van der Waals surface area (Å²) in [6.07, 6.45) is 2.31. The first kappa shape index (κ1) is 29.1. The van der Waals surface area contributed by atoms with E-state index in [-0.39, 0.29) is 6.71 Å². The molecule has 5 aromatic carbocycles. The van der Waals surface area contributed by atoms with Gasteiger partial charge in [0.25, 0.3) is 0 Å². The minimum absolute atomic E-state index is 0.192. The third kappa shape index (κ3) is 5.58. The zero-order valence-electron chi connectivity index (χ0n) is 25.8. The van der Waals surface area contributed by atoms with Gasteiger partial charge in [0.1, 0.15) is 23.2 Å². The van der Waals surface area contributed by atoms with Crippen LogP contribution in [0.2, 0.25) is 0 Å². The molecule has 0 unspecified atom stereocenters. The van der Waals surface area contributed by atoms with E-state index in [1.165, 1.54) is 65.7 Å². The van der Waals surface area contributed by atoms with E-state index in [9.17, 15) is 0 Å². The van der Waals surface area contributed by atoms with E-state index < -0.39 is 7.26 Å². The molecule has 0 heterocycles. The van der Waals surface area contributed by atoms with Gasteiger partial charge in [-0.1, -0.05) is 129 Å². The van der Waals surface area contributed by atoms with Crippen LogP contribution in [-0.2, 0) is 0 Å². The third-order valence-electron chi connectivity index (χ3n) is 8.67. The van der Waals surface area contributed by atoms with Crippen molar-refractivity contribution in [3.05, 3.63) is 143 Å². The van der Waals surface area contributed by atoms with E-state index >= 15 is 0 Å². The molecule has 0 atom stereocenters. The predicted octanol–water partition coefficient (Wildman–Crippen LogP) is 6.76. The van der Waals surface area contributed by atoms with Gasteiger partial charge in [-0.05, 0) is 84.4 Å². The van der Waals surface area contributed by atoms with Crippen molar-refractivity contribution in [2.75, 3.05) is 6.16 Å². The fourth-order valence-electron chi connectivity index (χ4n) is 7.23. The molecule has 206 valence electrons. The summed E-state index contributed by atoms with van der Waals surface area (Å²) in [5.41, 5.74) is 12.4. The van der Waals surface area contributed by atoms with Crippen LogP contribution in [0.4, 0.5) is 0 Å². The Balaban J connectivity index is 1.74. The number of aryl methyl sites for hydroxylation is 6. The first-order chi connectivity index (χ1) is 19.8. The van der Waals surface area contributed by atoms with Gasteiger partial charge in [-0.2, -0.15) is 0 Å². The minimum Gasteiger partial charge on any atom is -0.0683 e. The molecule has 0 saturated heterocycles. The number of hydrogen-bond acceptors (Lipinski definition) is 0. The molecule has 0 spiro atoms. The summed E-state index contributed by atoms with van der Waals surface area (Å²) in [7, 11) is -1.80. The van der Waals surface area contributed by atoms with Crippen LogP contribution in [-0.4, -0.2) is 12.9 Å². The van der Waals surface area contributed by atoms with Gasteiger partial charge < -0.3 is 0 Å². The van der Waals surface area contributed by atoms with Crippen LogP contribution in [0.5, 0.6) is 0 Å². The van der Waals surface area contributed by atoms with Gasteiger partial charge in [-0.15, -0.1) is 0 Å². The predicted molar refractivity (Wildman–Crippen MR) is 186 cm³/mol. The molecule has 5 rings (SSSR count). The standard InChI is InChI=1S/C39H43BP/c1-8-23-41(35-15-11-9-12-16-35,36-17-13-10-14-18-36)37-21-19-34(20-22-37)40(38-30(4)24-28(2)25-31(38)5)39-32(6)26-29(3)27-33(39)7/h9-22,24-27H,8,23H2,1-7H3/q+1. The molecule has 0 fully saturated rings. The van der Waals surface area contributed by atoms with Crippen molar-refractivity contribution in [3.63, 3.8) is 0 Å². The summed E-state index contributed by atoms with van der Waals surface area (Å²) in [5, 5.41) is 4.40. The molecule has 0 nitrogen and oxygen atoms in total. The molecular weight excluding hydrogens is 510 g/mol. The summed E-state index contributed by atoms with van der Waals surface area (Å²) in [5.74, 6) is 0. The van der Waals surface area contributed by atoms with Crippen LogP contribution in [0.1, 0.15) is 46.7 Å². The highest BCUT2D eigenvalue weighted by Gasteiger charge is 2.44. The van der Waals surface area contributed by atoms with Crippen molar-refractivity contribution in [1.82, 2.24) is 0 Å². The largest absolute Gasteiger partial charge is 0.242 e. The molecular formula is C39H43BP+. The van der Waals surface area contributed by atoms with Crippen LogP contribution >= 0.6 is 7.26 Å². The van der Waals surface area contributed by atoms with Gasteiger partial charge in [-0.25, -0.2) is 0 Å². The fraction of sp³-hybridized carbons (Fsp3) is 0.231. The summed E-state index contributed by atoms with van der Waals surface area (Å²) < 4.78 is 0. The fourth-order valence-corrected chi connectivity index (χ4v) is 11.6. The van der Waals surface area contributed by atoms with Gasteiger partial charge in [0.2, 0.25) is 6.71 Å². The average molecular weight is 554 g/mol. The van der Waals surface area contributed by atoms with Crippen molar-refractivity contribution in [1.29, 1.82) is 0 Å². The van der Waals surface area contributed by atoms with Crippen molar-refractivity contribution in [2.24, 2.45) is 0 Å². The maximum absolute atomic E-state index is 2.46. The SMILES string of the molecule is CCC[P+](c1ccccc1)(c1ccccc1)c1ccc(B(c2c(C)cc(C)cc2C)c2c(C)cc(C)cc2C)cc1. The molecule has 0 aliphatic rings. The second-order valence-electron chi connectivity index (χ2n) is 11.9. The lowest BCUT2D eigenvalue weighted by molar-refractivity contribution is 1.10. The van der Waals surface area contributed by atoms with Crippen LogP contribution in [0.25, 0.3) is 0 Å². The van der Waals surface area contributed by atoms with E-state index in [2.05, 4.69) is 158 Å². The lowest BCUT2D eigenvalue weighted by Gasteiger charge is -2.28. The van der Waals surface area contributed by atoms with E-state index in [1.54, 1.807) is 0 Å². The Morgan fingerprint density at radius 1 is 0.488 bits per heavy atom. The number of rotatable bonds is 8.